The molecule has 2 aromatic rings. The number of rotatable bonds is 4. The Balaban J connectivity index is 2.21. The Kier molecular flexibility index (Phi) is 3.96. The molecule has 1 unspecified atom stereocenters. The summed E-state index contributed by atoms with van der Waals surface area (Å²) in [5, 5.41) is 8.39. The first kappa shape index (κ1) is 14.1. The van der Waals surface area contributed by atoms with Crippen LogP contribution in [0.3, 0.4) is 0 Å². The molecule has 1 atom stereocenters. The monoisotopic (exact) mass is 280 g/mol. The highest BCUT2D eigenvalue weighted by atomic mass is 32.1. The van der Waals surface area contributed by atoms with Crippen molar-refractivity contribution in [1.29, 1.82) is 0 Å². The molecule has 0 saturated carbocycles. The van der Waals surface area contributed by atoms with Crippen LogP contribution in [0.25, 0.3) is 0 Å². The Labute approximate surface area is 117 Å². The summed E-state index contributed by atoms with van der Waals surface area (Å²) in [6.45, 7) is 9.20. The molecule has 104 valence electrons. The molecule has 0 aromatic carbocycles. The smallest absolute Gasteiger partial charge is 0.138 e. The molecule has 0 bridgehead atoms. The van der Waals surface area contributed by atoms with E-state index in [0.717, 1.165) is 22.9 Å². The van der Waals surface area contributed by atoms with Gasteiger partial charge in [0.05, 0.1) is 10.6 Å². The second-order valence-electron chi connectivity index (χ2n) is 5.54. The predicted octanol–water partition coefficient (Wildman–Crippen LogP) is 1.69. The number of hydrogen-bond donors (Lipinski definition) is 1. The molecule has 0 spiro atoms. The highest BCUT2D eigenvalue weighted by Gasteiger charge is 2.26. The molecule has 0 radical (unpaired) electrons. The summed E-state index contributed by atoms with van der Waals surface area (Å²) in [7, 11) is 0. The quantitative estimate of drug-likeness (QED) is 0.921. The first-order chi connectivity index (χ1) is 8.93. The van der Waals surface area contributed by atoms with Crippen LogP contribution in [0.15, 0.2) is 6.33 Å². The molecule has 0 aliphatic carbocycles. The molecule has 0 saturated heterocycles. The molecule has 0 aliphatic heterocycles. The molecule has 19 heavy (non-hydrogen) atoms. The van der Waals surface area contributed by atoms with Crippen LogP contribution in [0.2, 0.25) is 0 Å². The van der Waals surface area contributed by atoms with E-state index in [4.69, 9.17) is 5.73 Å². The van der Waals surface area contributed by atoms with E-state index >= 15 is 0 Å². The summed E-state index contributed by atoms with van der Waals surface area (Å²) in [4.78, 5) is 5.30. The van der Waals surface area contributed by atoms with Crippen LogP contribution >= 0.6 is 11.5 Å². The minimum atomic E-state index is -0.135. The van der Waals surface area contributed by atoms with Gasteiger partial charge in [0.15, 0.2) is 0 Å². The number of aromatic nitrogens is 5. The third-order valence-corrected chi connectivity index (χ3v) is 3.81. The van der Waals surface area contributed by atoms with Gasteiger partial charge in [0.2, 0.25) is 0 Å². The van der Waals surface area contributed by atoms with Gasteiger partial charge in [-0.15, -0.1) is 5.10 Å². The fraction of sp³-hybridized carbons (Fsp3) is 0.667. The topological polar surface area (TPSA) is 82.5 Å². The Morgan fingerprint density at radius 2 is 2.16 bits per heavy atom. The zero-order valence-electron chi connectivity index (χ0n) is 11.8. The SMILES string of the molecule is CCn1ncnc1CC(N)c1snnc1C(C)(C)C. The molecular weight excluding hydrogens is 260 g/mol. The van der Waals surface area contributed by atoms with Crippen molar-refractivity contribution in [2.45, 2.75) is 52.1 Å². The van der Waals surface area contributed by atoms with Crippen molar-refractivity contribution in [3.8, 4) is 0 Å². The Morgan fingerprint density at radius 1 is 1.42 bits per heavy atom. The highest BCUT2D eigenvalue weighted by Crippen LogP contribution is 2.30. The molecule has 0 fully saturated rings. The Bertz CT molecular complexity index is 538. The minimum Gasteiger partial charge on any atom is -0.323 e. The van der Waals surface area contributed by atoms with Crippen molar-refractivity contribution in [2.24, 2.45) is 5.73 Å². The van der Waals surface area contributed by atoms with Crippen LogP contribution < -0.4 is 5.73 Å². The first-order valence-electron chi connectivity index (χ1n) is 6.38. The average Bonchev–Trinajstić information content (AvgIpc) is 2.95. The number of aryl methyl sites for hydroxylation is 1. The molecular formula is C12H20N6S. The van der Waals surface area contributed by atoms with Crippen LogP contribution in [0.4, 0.5) is 0 Å². The van der Waals surface area contributed by atoms with Gasteiger partial charge in [-0.2, -0.15) is 5.10 Å². The summed E-state index contributed by atoms with van der Waals surface area (Å²) in [6, 6.07) is -0.135. The van der Waals surface area contributed by atoms with Crippen LogP contribution in [0.5, 0.6) is 0 Å². The van der Waals surface area contributed by atoms with E-state index in [2.05, 4.69) is 40.4 Å². The molecule has 2 aromatic heterocycles. The van der Waals surface area contributed by atoms with Gasteiger partial charge in [0, 0.05) is 24.4 Å². The summed E-state index contributed by atoms with van der Waals surface area (Å²) >= 11 is 1.38. The van der Waals surface area contributed by atoms with E-state index in [9.17, 15) is 0 Å². The normalized spacial score (nSPS) is 13.7. The molecule has 6 nitrogen and oxygen atoms in total. The van der Waals surface area contributed by atoms with Crippen molar-refractivity contribution in [2.75, 3.05) is 0 Å². The summed E-state index contributed by atoms with van der Waals surface area (Å²) in [5.74, 6) is 0.906. The molecule has 0 aliphatic rings. The molecule has 0 amide bonds. The molecule has 7 heteroatoms. The zero-order valence-corrected chi connectivity index (χ0v) is 12.6. The summed E-state index contributed by atoms with van der Waals surface area (Å²) in [5.41, 5.74) is 7.24. The van der Waals surface area contributed by atoms with Crippen LogP contribution in [-0.4, -0.2) is 24.4 Å². The van der Waals surface area contributed by atoms with E-state index in [0.29, 0.717) is 6.42 Å². The van der Waals surface area contributed by atoms with Gasteiger partial charge >= 0.3 is 0 Å². The summed E-state index contributed by atoms with van der Waals surface area (Å²) in [6.07, 6.45) is 2.22. The average molecular weight is 280 g/mol. The first-order valence-corrected chi connectivity index (χ1v) is 7.15. The van der Waals surface area contributed by atoms with Gasteiger partial charge < -0.3 is 5.73 Å². The van der Waals surface area contributed by atoms with Crippen LogP contribution in [0, 0.1) is 0 Å². The van der Waals surface area contributed by atoms with E-state index in [1.165, 1.54) is 11.5 Å². The fourth-order valence-electron chi connectivity index (χ4n) is 1.96. The van der Waals surface area contributed by atoms with Gasteiger partial charge in [0.1, 0.15) is 12.2 Å². The maximum Gasteiger partial charge on any atom is 0.138 e. The number of hydrogen-bond acceptors (Lipinski definition) is 6. The van der Waals surface area contributed by atoms with Gasteiger partial charge in [-0.05, 0) is 18.5 Å². The standard InChI is InChI=1S/C12H20N6S/c1-5-18-9(14-7-15-18)6-8(13)10-11(12(2,3)4)16-17-19-10/h7-8H,5-6,13H2,1-4H3. The lowest BCUT2D eigenvalue weighted by Gasteiger charge is -2.19. The second kappa shape index (κ2) is 5.34. The second-order valence-corrected chi connectivity index (χ2v) is 6.32. The van der Waals surface area contributed by atoms with Crippen molar-refractivity contribution >= 4 is 11.5 Å². The minimum absolute atomic E-state index is 0.0433. The lowest BCUT2D eigenvalue weighted by atomic mass is 9.89. The zero-order chi connectivity index (χ0) is 14.0. The number of nitrogens with zero attached hydrogens (tertiary/aromatic N) is 5. The Hall–Kier alpha value is -1.34. The fourth-order valence-corrected chi connectivity index (χ4v) is 2.82. The largest absolute Gasteiger partial charge is 0.323 e. The van der Waals surface area contributed by atoms with Crippen LogP contribution in [-0.2, 0) is 18.4 Å². The van der Waals surface area contributed by atoms with E-state index < -0.39 is 0 Å². The summed E-state index contributed by atoms with van der Waals surface area (Å²) < 4.78 is 5.92. The van der Waals surface area contributed by atoms with Gasteiger partial charge in [-0.3, -0.25) is 4.68 Å². The van der Waals surface area contributed by atoms with E-state index in [-0.39, 0.29) is 11.5 Å². The van der Waals surface area contributed by atoms with E-state index in [1.54, 1.807) is 6.33 Å². The highest BCUT2D eigenvalue weighted by molar-refractivity contribution is 7.05. The molecule has 2 N–H and O–H groups in total. The third kappa shape index (κ3) is 2.98. The maximum absolute atomic E-state index is 6.30. The van der Waals surface area contributed by atoms with Crippen molar-refractivity contribution in [3.63, 3.8) is 0 Å². The van der Waals surface area contributed by atoms with Crippen LogP contribution in [0.1, 0.15) is 50.1 Å². The van der Waals surface area contributed by atoms with Crippen molar-refractivity contribution < 1.29 is 0 Å². The maximum atomic E-state index is 6.30. The predicted molar refractivity (Wildman–Crippen MR) is 74.9 cm³/mol. The van der Waals surface area contributed by atoms with Crippen molar-refractivity contribution in [3.05, 3.63) is 22.7 Å². The van der Waals surface area contributed by atoms with Crippen molar-refractivity contribution in [1.82, 2.24) is 24.4 Å². The van der Waals surface area contributed by atoms with E-state index in [1.807, 2.05) is 11.6 Å². The van der Waals surface area contributed by atoms with Gasteiger partial charge in [-0.25, -0.2) is 4.98 Å². The molecule has 2 rings (SSSR count). The lowest BCUT2D eigenvalue weighted by Crippen LogP contribution is -2.21. The van der Waals surface area contributed by atoms with Gasteiger partial charge in [-0.1, -0.05) is 25.3 Å². The lowest BCUT2D eigenvalue weighted by molar-refractivity contribution is 0.540. The Morgan fingerprint density at radius 3 is 2.79 bits per heavy atom. The number of nitrogens with two attached hydrogens (primary N) is 1. The molecule has 2 heterocycles. The third-order valence-electron chi connectivity index (χ3n) is 2.96. The van der Waals surface area contributed by atoms with Gasteiger partial charge in [0.25, 0.3) is 0 Å².